The third-order valence-electron chi connectivity index (χ3n) is 3.85. The molecule has 0 fully saturated rings. The molecule has 2 heterocycles. The summed E-state index contributed by atoms with van der Waals surface area (Å²) in [5, 5.41) is 7.12. The number of nitrogens with zero attached hydrogens (tertiary/aromatic N) is 2. The maximum Gasteiger partial charge on any atom is 0.271 e. The summed E-state index contributed by atoms with van der Waals surface area (Å²) in [4.78, 5) is 23.7. The summed E-state index contributed by atoms with van der Waals surface area (Å²) >= 11 is 0. The van der Waals surface area contributed by atoms with Crippen molar-refractivity contribution < 1.29 is 9.53 Å². The van der Waals surface area contributed by atoms with Crippen molar-refractivity contribution in [2.75, 3.05) is 32.1 Å². The van der Waals surface area contributed by atoms with Crippen LogP contribution in [0.25, 0.3) is 10.9 Å². The van der Waals surface area contributed by atoms with E-state index in [1.807, 2.05) is 24.4 Å². The molecule has 130 valence electrons. The number of carbonyl (C=O) groups excluding carboxylic acids is 1. The van der Waals surface area contributed by atoms with Crippen LogP contribution in [0.15, 0.2) is 42.9 Å². The van der Waals surface area contributed by atoms with E-state index in [0.29, 0.717) is 31.2 Å². The second kappa shape index (κ2) is 8.25. The highest BCUT2D eigenvalue weighted by atomic mass is 16.5. The highest BCUT2D eigenvalue weighted by Crippen LogP contribution is 2.17. The zero-order valence-corrected chi connectivity index (χ0v) is 14.1. The molecule has 0 unspecified atom stereocenters. The Labute approximate surface area is 145 Å². The standard InChI is InChI=1S/C18H21N5O2/c1-25-9-8-19-17-12-22-16(11-23-17)18(24)20-7-6-13-10-21-15-5-3-2-4-14(13)15/h2-5,10-12,21H,6-9H2,1H3,(H,19,23)(H,20,24). The van der Waals surface area contributed by atoms with Crippen molar-refractivity contribution in [3.63, 3.8) is 0 Å². The van der Waals surface area contributed by atoms with Crippen LogP contribution < -0.4 is 10.6 Å². The lowest BCUT2D eigenvalue weighted by atomic mass is 10.1. The summed E-state index contributed by atoms with van der Waals surface area (Å²) in [5.41, 5.74) is 2.59. The van der Waals surface area contributed by atoms with E-state index in [1.165, 1.54) is 17.1 Å². The summed E-state index contributed by atoms with van der Waals surface area (Å²) in [6, 6.07) is 8.12. The fraction of sp³-hybridized carbons (Fsp3) is 0.278. The molecule has 7 nitrogen and oxygen atoms in total. The first-order valence-electron chi connectivity index (χ1n) is 8.16. The molecule has 0 atom stereocenters. The number of aromatic nitrogens is 3. The minimum atomic E-state index is -0.226. The van der Waals surface area contributed by atoms with Crippen molar-refractivity contribution in [2.45, 2.75) is 6.42 Å². The van der Waals surface area contributed by atoms with Crippen LogP contribution >= 0.6 is 0 Å². The number of methoxy groups -OCH3 is 1. The molecule has 2 aromatic heterocycles. The second-order valence-corrected chi connectivity index (χ2v) is 5.57. The lowest BCUT2D eigenvalue weighted by Gasteiger charge is -2.06. The van der Waals surface area contributed by atoms with Gasteiger partial charge in [-0.3, -0.25) is 4.79 Å². The van der Waals surface area contributed by atoms with E-state index in [2.05, 4.69) is 31.7 Å². The Hall–Kier alpha value is -2.93. The number of anilines is 1. The van der Waals surface area contributed by atoms with Crippen LogP contribution in [0.3, 0.4) is 0 Å². The van der Waals surface area contributed by atoms with Crippen molar-refractivity contribution >= 4 is 22.6 Å². The number of carbonyl (C=O) groups is 1. The van der Waals surface area contributed by atoms with Crippen LogP contribution in [0.4, 0.5) is 5.82 Å². The molecule has 0 saturated carbocycles. The molecular weight excluding hydrogens is 318 g/mol. The monoisotopic (exact) mass is 339 g/mol. The Bertz CT molecular complexity index is 829. The van der Waals surface area contributed by atoms with Gasteiger partial charge in [-0.2, -0.15) is 0 Å². The average Bonchev–Trinajstić information content (AvgIpc) is 3.06. The maximum atomic E-state index is 12.1. The van der Waals surface area contributed by atoms with E-state index >= 15 is 0 Å². The number of aromatic amines is 1. The average molecular weight is 339 g/mol. The van der Waals surface area contributed by atoms with Crippen molar-refractivity contribution in [3.8, 4) is 0 Å². The highest BCUT2D eigenvalue weighted by Gasteiger charge is 2.08. The summed E-state index contributed by atoms with van der Waals surface area (Å²) < 4.78 is 4.95. The molecule has 0 radical (unpaired) electrons. The van der Waals surface area contributed by atoms with Crippen molar-refractivity contribution in [3.05, 3.63) is 54.1 Å². The zero-order chi connectivity index (χ0) is 17.5. The Kier molecular flexibility index (Phi) is 5.58. The van der Waals surface area contributed by atoms with Crippen LogP contribution in [0.1, 0.15) is 16.1 Å². The molecule has 0 aliphatic rings. The van der Waals surface area contributed by atoms with Crippen LogP contribution in [0.5, 0.6) is 0 Å². The van der Waals surface area contributed by atoms with Gasteiger partial charge in [0.05, 0.1) is 19.0 Å². The van der Waals surface area contributed by atoms with Gasteiger partial charge in [0.25, 0.3) is 5.91 Å². The molecule has 0 saturated heterocycles. The van der Waals surface area contributed by atoms with Crippen molar-refractivity contribution in [2.24, 2.45) is 0 Å². The molecule has 3 rings (SSSR count). The van der Waals surface area contributed by atoms with E-state index in [9.17, 15) is 4.79 Å². The number of benzene rings is 1. The number of rotatable bonds is 8. The first-order chi connectivity index (χ1) is 12.3. The Morgan fingerprint density at radius 3 is 2.88 bits per heavy atom. The number of hydrogen-bond donors (Lipinski definition) is 3. The minimum Gasteiger partial charge on any atom is -0.383 e. The number of nitrogens with one attached hydrogen (secondary N) is 3. The smallest absolute Gasteiger partial charge is 0.271 e. The predicted octanol–water partition coefficient (Wildman–Crippen LogP) is 1.99. The van der Waals surface area contributed by atoms with Crippen LogP contribution in [0, 0.1) is 0 Å². The van der Waals surface area contributed by atoms with Gasteiger partial charge in [-0.05, 0) is 18.1 Å². The van der Waals surface area contributed by atoms with Gasteiger partial charge < -0.3 is 20.4 Å². The van der Waals surface area contributed by atoms with Crippen LogP contribution in [-0.2, 0) is 11.2 Å². The molecule has 0 aliphatic carbocycles. The predicted molar refractivity (Wildman–Crippen MR) is 96.7 cm³/mol. The normalized spacial score (nSPS) is 10.8. The largest absolute Gasteiger partial charge is 0.383 e. The van der Waals surface area contributed by atoms with Gasteiger partial charge in [0.1, 0.15) is 11.5 Å². The minimum absolute atomic E-state index is 0.226. The number of hydrogen-bond acceptors (Lipinski definition) is 5. The number of amides is 1. The van der Waals surface area contributed by atoms with Gasteiger partial charge in [-0.15, -0.1) is 0 Å². The van der Waals surface area contributed by atoms with Gasteiger partial charge >= 0.3 is 0 Å². The number of fused-ring (bicyclic) bond motifs is 1. The fourth-order valence-corrected chi connectivity index (χ4v) is 2.56. The van der Waals surface area contributed by atoms with Crippen LogP contribution in [0.2, 0.25) is 0 Å². The SMILES string of the molecule is COCCNc1cnc(C(=O)NCCc2c[nH]c3ccccc23)cn1. The van der Waals surface area contributed by atoms with Crippen molar-refractivity contribution in [1.82, 2.24) is 20.3 Å². The lowest BCUT2D eigenvalue weighted by Crippen LogP contribution is -2.26. The first kappa shape index (κ1) is 16.9. The number of H-pyrrole nitrogens is 1. The Morgan fingerprint density at radius 2 is 2.08 bits per heavy atom. The topological polar surface area (TPSA) is 91.9 Å². The Balaban J connectivity index is 1.50. The second-order valence-electron chi connectivity index (χ2n) is 5.57. The molecule has 3 N–H and O–H groups in total. The Morgan fingerprint density at radius 1 is 1.20 bits per heavy atom. The summed E-state index contributed by atoms with van der Waals surface area (Å²) in [6.45, 7) is 1.76. The summed E-state index contributed by atoms with van der Waals surface area (Å²) in [5.74, 6) is 0.392. The van der Waals surface area contributed by atoms with E-state index in [4.69, 9.17) is 4.74 Å². The van der Waals surface area contributed by atoms with Gasteiger partial charge in [0.15, 0.2) is 0 Å². The maximum absolute atomic E-state index is 12.1. The molecule has 7 heteroatoms. The van der Waals surface area contributed by atoms with Gasteiger partial charge in [0, 0.05) is 37.3 Å². The molecular formula is C18H21N5O2. The van der Waals surface area contributed by atoms with E-state index in [-0.39, 0.29) is 5.91 Å². The third-order valence-corrected chi connectivity index (χ3v) is 3.85. The van der Waals surface area contributed by atoms with Gasteiger partial charge in [-0.1, -0.05) is 18.2 Å². The molecule has 0 aliphatic heterocycles. The zero-order valence-electron chi connectivity index (χ0n) is 14.1. The van der Waals surface area contributed by atoms with Gasteiger partial charge in [-0.25, -0.2) is 9.97 Å². The number of ether oxygens (including phenoxy) is 1. The van der Waals surface area contributed by atoms with E-state index in [0.717, 1.165) is 11.9 Å². The fourth-order valence-electron chi connectivity index (χ4n) is 2.56. The molecule has 3 aromatic rings. The molecule has 1 aromatic carbocycles. The summed E-state index contributed by atoms with van der Waals surface area (Å²) in [7, 11) is 1.64. The number of para-hydroxylation sites is 1. The molecule has 0 spiro atoms. The van der Waals surface area contributed by atoms with Gasteiger partial charge in [0.2, 0.25) is 0 Å². The third kappa shape index (κ3) is 4.33. The first-order valence-corrected chi connectivity index (χ1v) is 8.16. The molecule has 0 bridgehead atoms. The lowest BCUT2D eigenvalue weighted by molar-refractivity contribution is 0.0949. The van der Waals surface area contributed by atoms with Crippen molar-refractivity contribution in [1.29, 1.82) is 0 Å². The van der Waals surface area contributed by atoms with E-state index in [1.54, 1.807) is 13.3 Å². The molecule has 1 amide bonds. The van der Waals surface area contributed by atoms with Crippen LogP contribution in [-0.4, -0.2) is 47.7 Å². The van der Waals surface area contributed by atoms with E-state index < -0.39 is 0 Å². The summed E-state index contributed by atoms with van der Waals surface area (Å²) in [6.07, 6.45) is 5.75. The quantitative estimate of drug-likeness (QED) is 0.546. The highest BCUT2D eigenvalue weighted by molar-refractivity contribution is 5.92. The molecule has 25 heavy (non-hydrogen) atoms.